The van der Waals surface area contributed by atoms with Crippen molar-refractivity contribution < 1.29 is 4.74 Å². The van der Waals surface area contributed by atoms with E-state index >= 15 is 0 Å². The van der Waals surface area contributed by atoms with Crippen molar-refractivity contribution in [3.8, 4) is 5.75 Å². The number of methoxy groups -OCH3 is 1. The van der Waals surface area contributed by atoms with E-state index in [1.54, 1.807) is 7.11 Å². The van der Waals surface area contributed by atoms with Crippen molar-refractivity contribution in [3.63, 3.8) is 0 Å². The van der Waals surface area contributed by atoms with Gasteiger partial charge in [0, 0.05) is 6.21 Å². The third-order valence-corrected chi connectivity index (χ3v) is 2.75. The van der Waals surface area contributed by atoms with Crippen molar-refractivity contribution >= 4 is 6.21 Å². The van der Waals surface area contributed by atoms with Crippen molar-refractivity contribution in [2.45, 2.75) is 48.0 Å². The van der Waals surface area contributed by atoms with Gasteiger partial charge in [-0.2, -0.15) is 0 Å². The van der Waals surface area contributed by atoms with Gasteiger partial charge in [-0.25, -0.2) is 0 Å². The molecule has 1 N–H and O–H groups in total. The molecule has 1 aromatic rings. The van der Waals surface area contributed by atoms with Crippen molar-refractivity contribution in [2.75, 3.05) is 7.11 Å². The first-order valence-corrected chi connectivity index (χ1v) is 7.36. The van der Waals surface area contributed by atoms with Crippen molar-refractivity contribution in [1.82, 2.24) is 0 Å². The average molecular weight is 277 g/mol. The van der Waals surface area contributed by atoms with Crippen LogP contribution < -0.4 is 4.74 Å². The number of hydrogen-bond acceptors (Lipinski definition) is 2. The Labute approximate surface area is 125 Å². The van der Waals surface area contributed by atoms with E-state index in [4.69, 9.17) is 10.1 Å². The summed E-state index contributed by atoms with van der Waals surface area (Å²) in [4.78, 5) is 0. The molecule has 1 unspecified atom stereocenters. The van der Waals surface area contributed by atoms with Crippen LogP contribution in [0.5, 0.6) is 5.75 Å². The molecule has 0 fully saturated rings. The highest BCUT2D eigenvalue weighted by molar-refractivity contribution is 5.77. The van der Waals surface area contributed by atoms with Crippen LogP contribution in [0.2, 0.25) is 0 Å². The van der Waals surface area contributed by atoms with Gasteiger partial charge in [0.15, 0.2) is 0 Å². The highest BCUT2D eigenvalue weighted by Gasteiger charge is 1.96. The Morgan fingerprint density at radius 2 is 1.90 bits per heavy atom. The summed E-state index contributed by atoms with van der Waals surface area (Å²) < 4.78 is 5.07. The molecule has 2 nitrogen and oxygen atoms in total. The normalized spacial score (nSPS) is 10.8. The van der Waals surface area contributed by atoms with Crippen LogP contribution in [0.1, 0.15) is 52.2 Å². The Morgan fingerprint density at radius 3 is 2.20 bits per heavy atom. The summed E-state index contributed by atoms with van der Waals surface area (Å²) in [5.74, 6) is 1.64. The van der Waals surface area contributed by atoms with E-state index in [0.717, 1.165) is 22.8 Å². The molecule has 0 aliphatic heterocycles. The van der Waals surface area contributed by atoms with Gasteiger partial charge >= 0.3 is 0 Å². The molecule has 0 saturated carbocycles. The van der Waals surface area contributed by atoms with E-state index in [2.05, 4.69) is 32.9 Å². The SMILES string of the molecule is C/C=C\C(C)CC.CC.COc1ccc(C=N)cc1C. The average Bonchev–Trinajstić information content (AvgIpc) is 2.50. The first-order valence-electron chi connectivity index (χ1n) is 7.36. The van der Waals surface area contributed by atoms with E-state index in [-0.39, 0.29) is 0 Å². The number of allylic oxidation sites excluding steroid dienone is 2. The molecule has 1 atom stereocenters. The van der Waals surface area contributed by atoms with Gasteiger partial charge in [-0.05, 0) is 49.1 Å². The van der Waals surface area contributed by atoms with Gasteiger partial charge in [-0.15, -0.1) is 0 Å². The molecule has 1 rings (SSSR count). The maximum Gasteiger partial charge on any atom is 0.121 e. The maximum atomic E-state index is 7.00. The number of hydrogen-bond donors (Lipinski definition) is 1. The van der Waals surface area contributed by atoms with Crippen LogP contribution in [0.25, 0.3) is 0 Å². The molecule has 0 amide bonds. The second-order valence-electron chi connectivity index (χ2n) is 4.28. The topological polar surface area (TPSA) is 33.1 Å². The lowest BCUT2D eigenvalue weighted by Crippen LogP contribution is -1.88. The summed E-state index contributed by atoms with van der Waals surface area (Å²) in [5.41, 5.74) is 1.97. The maximum absolute atomic E-state index is 7.00. The van der Waals surface area contributed by atoms with E-state index in [1.807, 2.05) is 39.0 Å². The highest BCUT2D eigenvalue weighted by Crippen LogP contribution is 2.17. The Kier molecular flexibility index (Phi) is 14.4. The fourth-order valence-electron chi connectivity index (χ4n) is 1.46. The van der Waals surface area contributed by atoms with Crippen LogP contribution in [0.15, 0.2) is 30.4 Å². The minimum atomic E-state index is 0.769. The molecular formula is C18H31NO. The fourth-order valence-corrected chi connectivity index (χ4v) is 1.46. The lowest BCUT2D eigenvalue weighted by molar-refractivity contribution is 0.411. The van der Waals surface area contributed by atoms with Gasteiger partial charge in [-0.1, -0.05) is 46.3 Å². The van der Waals surface area contributed by atoms with Gasteiger partial charge in [0.05, 0.1) is 7.11 Å². The molecule has 0 aliphatic carbocycles. The molecule has 0 heterocycles. The van der Waals surface area contributed by atoms with Gasteiger partial charge in [-0.3, -0.25) is 0 Å². The summed E-state index contributed by atoms with van der Waals surface area (Å²) in [7, 11) is 1.65. The first kappa shape index (κ1) is 20.7. The largest absolute Gasteiger partial charge is 0.496 e. The summed E-state index contributed by atoms with van der Waals surface area (Å²) in [5, 5.41) is 7.00. The summed E-state index contributed by atoms with van der Waals surface area (Å²) in [6, 6.07) is 5.65. The molecule has 1 aromatic carbocycles. The molecular weight excluding hydrogens is 246 g/mol. The minimum Gasteiger partial charge on any atom is -0.496 e. The molecule has 20 heavy (non-hydrogen) atoms. The number of ether oxygens (including phenoxy) is 1. The molecule has 0 aliphatic rings. The van der Waals surface area contributed by atoms with Crippen LogP contribution in [-0.2, 0) is 0 Å². The summed E-state index contributed by atoms with van der Waals surface area (Å²) in [6.07, 6.45) is 6.91. The van der Waals surface area contributed by atoms with E-state index in [1.165, 1.54) is 12.6 Å². The van der Waals surface area contributed by atoms with Crippen LogP contribution in [0.4, 0.5) is 0 Å². The fraction of sp³-hybridized carbons (Fsp3) is 0.500. The van der Waals surface area contributed by atoms with Gasteiger partial charge in [0.1, 0.15) is 5.75 Å². The summed E-state index contributed by atoms with van der Waals surface area (Å²) in [6.45, 7) is 12.4. The van der Waals surface area contributed by atoms with Gasteiger partial charge < -0.3 is 10.1 Å². The third kappa shape index (κ3) is 9.37. The van der Waals surface area contributed by atoms with E-state index < -0.39 is 0 Å². The zero-order chi connectivity index (χ0) is 16.0. The van der Waals surface area contributed by atoms with Gasteiger partial charge in [0.2, 0.25) is 0 Å². The Balaban J connectivity index is 0. The van der Waals surface area contributed by atoms with Crippen LogP contribution in [-0.4, -0.2) is 13.3 Å². The number of aryl methyl sites for hydroxylation is 1. The molecule has 0 radical (unpaired) electrons. The van der Waals surface area contributed by atoms with Gasteiger partial charge in [0.25, 0.3) is 0 Å². The Morgan fingerprint density at radius 1 is 1.30 bits per heavy atom. The predicted molar refractivity (Wildman–Crippen MR) is 91.2 cm³/mol. The molecule has 2 heteroatoms. The third-order valence-electron chi connectivity index (χ3n) is 2.75. The molecule has 0 aromatic heterocycles. The number of nitrogens with one attached hydrogen (secondary N) is 1. The second-order valence-corrected chi connectivity index (χ2v) is 4.28. The quantitative estimate of drug-likeness (QED) is 0.561. The number of rotatable bonds is 4. The number of benzene rings is 1. The van der Waals surface area contributed by atoms with Crippen molar-refractivity contribution in [1.29, 1.82) is 5.41 Å². The van der Waals surface area contributed by atoms with Crippen LogP contribution in [0, 0.1) is 18.3 Å². The lowest BCUT2D eigenvalue weighted by Gasteiger charge is -2.03. The lowest BCUT2D eigenvalue weighted by atomic mass is 10.1. The Bertz CT molecular complexity index is 383. The monoisotopic (exact) mass is 277 g/mol. The highest BCUT2D eigenvalue weighted by atomic mass is 16.5. The Hall–Kier alpha value is -1.57. The standard InChI is InChI=1S/C9H11NO.C7H14.C2H6/c1-7-5-8(6-10)3-4-9(7)11-2;1-4-6-7(3)5-2;1-2/h3-6,10H,1-2H3;4,6-7H,5H2,1-3H3;1-2H3/b;6-4-;. The minimum absolute atomic E-state index is 0.769. The molecule has 114 valence electrons. The van der Waals surface area contributed by atoms with E-state index in [0.29, 0.717) is 0 Å². The van der Waals surface area contributed by atoms with Crippen molar-refractivity contribution in [2.24, 2.45) is 5.92 Å². The molecule has 0 bridgehead atoms. The predicted octanol–water partition coefficient (Wildman–Crippen LogP) is 5.64. The second kappa shape index (κ2) is 13.9. The molecule has 0 spiro atoms. The van der Waals surface area contributed by atoms with Crippen LogP contribution in [0.3, 0.4) is 0 Å². The van der Waals surface area contributed by atoms with Crippen LogP contribution >= 0.6 is 0 Å². The molecule has 0 saturated heterocycles. The van der Waals surface area contributed by atoms with Crippen molar-refractivity contribution in [3.05, 3.63) is 41.5 Å². The first-order chi connectivity index (χ1) is 9.58. The zero-order valence-electron chi connectivity index (χ0n) is 14.2. The van der Waals surface area contributed by atoms with E-state index in [9.17, 15) is 0 Å². The zero-order valence-corrected chi connectivity index (χ0v) is 14.2. The smallest absolute Gasteiger partial charge is 0.121 e. The summed E-state index contributed by atoms with van der Waals surface area (Å²) >= 11 is 0.